The van der Waals surface area contributed by atoms with Gasteiger partial charge >= 0.3 is 0 Å². The van der Waals surface area contributed by atoms with E-state index in [9.17, 15) is 0 Å². The normalized spacial score (nSPS) is 11.0. The number of anilines is 1. The fraction of sp³-hybridized carbons (Fsp3) is 0.222. The summed E-state index contributed by atoms with van der Waals surface area (Å²) in [7, 11) is 0. The van der Waals surface area contributed by atoms with Gasteiger partial charge in [-0.1, -0.05) is 11.6 Å². The van der Waals surface area contributed by atoms with E-state index in [-0.39, 0.29) is 0 Å². The Morgan fingerprint density at radius 3 is 2.85 bits per heavy atom. The lowest BCUT2D eigenvalue weighted by molar-refractivity contribution is 1.17. The van der Waals surface area contributed by atoms with E-state index in [2.05, 4.69) is 4.98 Å². The van der Waals surface area contributed by atoms with Crippen LogP contribution in [0.25, 0.3) is 5.65 Å². The lowest BCUT2D eigenvalue weighted by atomic mass is 10.3. The highest BCUT2D eigenvalue weighted by atomic mass is 35.5. The first kappa shape index (κ1) is 8.38. The highest BCUT2D eigenvalue weighted by molar-refractivity contribution is 6.30. The lowest BCUT2D eigenvalue weighted by Crippen LogP contribution is -1.94. The molecule has 3 nitrogen and oxygen atoms in total. The summed E-state index contributed by atoms with van der Waals surface area (Å²) >= 11 is 5.90. The fourth-order valence-electron chi connectivity index (χ4n) is 1.40. The molecule has 0 aromatic carbocycles. The molecule has 0 aliphatic rings. The third-order valence-corrected chi connectivity index (χ3v) is 2.30. The van der Waals surface area contributed by atoms with Crippen molar-refractivity contribution in [3.63, 3.8) is 0 Å². The number of imidazole rings is 1. The van der Waals surface area contributed by atoms with Gasteiger partial charge in [0.25, 0.3) is 0 Å². The number of nitrogen functional groups attached to an aromatic ring is 1. The molecule has 0 saturated heterocycles. The maximum absolute atomic E-state index is 5.90. The van der Waals surface area contributed by atoms with Gasteiger partial charge in [-0.2, -0.15) is 0 Å². The Balaban J connectivity index is 2.94. The molecule has 0 bridgehead atoms. The molecule has 0 aliphatic heterocycles. The second-order valence-corrected chi connectivity index (χ2v) is 3.55. The average molecular weight is 196 g/mol. The number of aryl methyl sites for hydroxylation is 2. The summed E-state index contributed by atoms with van der Waals surface area (Å²) in [4.78, 5) is 4.33. The van der Waals surface area contributed by atoms with Crippen LogP contribution >= 0.6 is 11.6 Å². The zero-order chi connectivity index (χ0) is 9.59. The van der Waals surface area contributed by atoms with E-state index < -0.39 is 0 Å². The van der Waals surface area contributed by atoms with Gasteiger partial charge in [0.1, 0.15) is 11.5 Å². The van der Waals surface area contributed by atoms with E-state index in [1.54, 1.807) is 6.20 Å². The van der Waals surface area contributed by atoms with Gasteiger partial charge in [0.05, 0.1) is 10.7 Å². The number of hydrogen-bond acceptors (Lipinski definition) is 2. The fourth-order valence-corrected chi connectivity index (χ4v) is 1.66. The number of hydrogen-bond donors (Lipinski definition) is 1. The Hall–Kier alpha value is -1.22. The van der Waals surface area contributed by atoms with Gasteiger partial charge in [-0.3, -0.25) is 4.40 Å². The van der Waals surface area contributed by atoms with E-state index in [4.69, 9.17) is 17.3 Å². The van der Waals surface area contributed by atoms with Gasteiger partial charge in [-0.15, -0.1) is 0 Å². The number of rotatable bonds is 0. The minimum atomic E-state index is 0.653. The van der Waals surface area contributed by atoms with Crippen LogP contribution in [0.3, 0.4) is 0 Å². The Morgan fingerprint density at radius 1 is 1.46 bits per heavy atom. The first-order valence-electron chi connectivity index (χ1n) is 4.00. The molecule has 0 unspecified atom stereocenters. The van der Waals surface area contributed by atoms with Gasteiger partial charge in [0.2, 0.25) is 0 Å². The first-order chi connectivity index (χ1) is 6.09. The standard InChI is InChI=1S/C9H10ClN3/c1-5-3-7(10)4-13-8(11)6(2)12-9(5)13/h3-4H,11H2,1-2H3. The lowest BCUT2D eigenvalue weighted by Gasteiger charge is -2.00. The molecular weight excluding hydrogens is 186 g/mol. The molecule has 4 heteroatoms. The highest BCUT2D eigenvalue weighted by Crippen LogP contribution is 2.20. The van der Waals surface area contributed by atoms with Gasteiger partial charge in [-0.05, 0) is 25.5 Å². The molecule has 0 radical (unpaired) electrons. The second-order valence-electron chi connectivity index (χ2n) is 3.12. The predicted molar refractivity (Wildman–Crippen MR) is 54.1 cm³/mol. The van der Waals surface area contributed by atoms with E-state index in [1.165, 1.54) is 0 Å². The van der Waals surface area contributed by atoms with E-state index in [0.29, 0.717) is 10.8 Å². The number of fused-ring (bicyclic) bond motifs is 1. The van der Waals surface area contributed by atoms with Gasteiger partial charge in [0, 0.05) is 6.20 Å². The Bertz CT molecular complexity index is 473. The third kappa shape index (κ3) is 1.16. The second kappa shape index (κ2) is 2.64. The third-order valence-electron chi connectivity index (χ3n) is 2.09. The Morgan fingerprint density at radius 2 is 2.15 bits per heavy atom. The molecule has 2 N–H and O–H groups in total. The molecular formula is C9H10ClN3. The van der Waals surface area contributed by atoms with Crippen LogP contribution in [-0.2, 0) is 0 Å². The van der Waals surface area contributed by atoms with Crippen LogP contribution in [0.4, 0.5) is 5.82 Å². The molecule has 0 aliphatic carbocycles. The van der Waals surface area contributed by atoms with Crippen molar-refractivity contribution in [1.82, 2.24) is 9.38 Å². The van der Waals surface area contributed by atoms with Crippen molar-refractivity contribution in [2.45, 2.75) is 13.8 Å². The smallest absolute Gasteiger partial charge is 0.141 e. The van der Waals surface area contributed by atoms with Crippen molar-refractivity contribution in [1.29, 1.82) is 0 Å². The summed E-state index contributed by atoms with van der Waals surface area (Å²) in [6, 6.07) is 1.88. The maximum atomic E-state index is 5.90. The molecule has 0 atom stereocenters. The van der Waals surface area contributed by atoms with Gasteiger partial charge in [0.15, 0.2) is 0 Å². The zero-order valence-electron chi connectivity index (χ0n) is 7.50. The van der Waals surface area contributed by atoms with Crippen molar-refractivity contribution in [3.05, 3.63) is 28.5 Å². The molecule has 2 rings (SSSR count). The Labute approximate surface area is 81.1 Å². The first-order valence-corrected chi connectivity index (χ1v) is 4.37. The minimum Gasteiger partial charge on any atom is -0.383 e. The number of nitrogens with two attached hydrogens (primary N) is 1. The number of nitrogens with zero attached hydrogens (tertiary/aromatic N) is 2. The molecule has 0 fully saturated rings. The molecule has 2 aromatic heterocycles. The Kier molecular flexibility index (Phi) is 1.70. The van der Waals surface area contributed by atoms with E-state index in [1.807, 2.05) is 24.3 Å². The summed E-state index contributed by atoms with van der Waals surface area (Å²) in [5.74, 6) is 0.653. The number of aromatic nitrogens is 2. The SMILES string of the molecule is Cc1nc2c(C)cc(Cl)cn2c1N. The van der Waals surface area contributed by atoms with Crippen LogP contribution < -0.4 is 5.73 Å². The topological polar surface area (TPSA) is 43.3 Å². The van der Waals surface area contributed by atoms with E-state index in [0.717, 1.165) is 16.9 Å². The number of halogens is 1. The summed E-state index contributed by atoms with van der Waals surface area (Å²) in [5.41, 5.74) is 8.57. The molecule has 0 amide bonds. The van der Waals surface area contributed by atoms with Crippen molar-refractivity contribution in [2.75, 3.05) is 5.73 Å². The van der Waals surface area contributed by atoms with Crippen LogP contribution in [0.15, 0.2) is 12.3 Å². The predicted octanol–water partition coefficient (Wildman–Crippen LogP) is 2.19. The average Bonchev–Trinajstić information content (AvgIpc) is 2.32. The van der Waals surface area contributed by atoms with E-state index >= 15 is 0 Å². The quantitative estimate of drug-likeness (QED) is 0.700. The molecule has 0 saturated carbocycles. The minimum absolute atomic E-state index is 0.653. The highest BCUT2D eigenvalue weighted by Gasteiger charge is 2.07. The summed E-state index contributed by atoms with van der Waals surface area (Å²) < 4.78 is 1.81. The van der Waals surface area contributed by atoms with Crippen LogP contribution in [0.1, 0.15) is 11.3 Å². The van der Waals surface area contributed by atoms with Gasteiger partial charge in [-0.25, -0.2) is 4.98 Å². The van der Waals surface area contributed by atoms with Crippen molar-refractivity contribution < 1.29 is 0 Å². The summed E-state index contributed by atoms with van der Waals surface area (Å²) in [6.45, 7) is 3.85. The van der Waals surface area contributed by atoms with Gasteiger partial charge < -0.3 is 5.73 Å². The number of pyridine rings is 1. The van der Waals surface area contributed by atoms with Crippen LogP contribution in [0.5, 0.6) is 0 Å². The van der Waals surface area contributed by atoms with Crippen LogP contribution in [0, 0.1) is 13.8 Å². The molecule has 2 heterocycles. The monoisotopic (exact) mass is 195 g/mol. The summed E-state index contributed by atoms with van der Waals surface area (Å²) in [5, 5.41) is 0.675. The molecule has 0 spiro atoms. The molecule has 68 valence electrons. The van der Waals surface area contributed by atoms with Crippen molar-refractivity contribution in [3.8, 4) is 0 Å². The summed E-state index contributed by atoms with van der Waals surface area (Å²) in [6.07, 6.45) is 1.78. The molecule has 2 aromatic rings. The maximum Gasteiger partial charge on any atom is 0.141 e. The van der Waals surface area contributed by atoms with Crippen molar-refractivity contribution in [2.24, 2.45) is 0 Å². The molecule has 13 heavy (non-hydrogen) atoms. The van der Waals surface area contributed by atoms with Crippen LogP contribution in [0.2, 0.25) is 5.02 Å². The van der Waals surface area contributed by atoms with Crippen molar-refractivity contribution >= 4 is 23.1 Å². The largest absolute Gasteiger partial charge is 0.383 e. The zero-order valence-corrected chi connectivity index (χ0v) is 8.26. The van der Waals surface area contributed by atoms with Crippen LogP contribution in [-0.4, -0.2) is 9.38 Å².